The molecule has 0 radical (unpaired) electrons. The summed E-state index contributed by atoms with van der Waals surface area (Å²) in [5, 5.41) is 5.28. The number of halogens is 2. The van der Waals surface area contributed by atoms with Crippen molar-refractivity contribution in [2.45, 2.75) is 12.8 Å². The van der Waals surface area contributed by atoms with Crippen molar-refractivity contribution in [3.8, 4) is 0 Å². The maximum absolute atomic E-state index is 13.7. The minimum absolute atomic E-state index is 0.0133. The number of ketones is 2. The summed E-state index contributed by atoms with van der Waals surface area (Å²) in [6.45, 7) is 1.21. The number of amides is 1. The molecular weight excluding hydrogens is 408 g/mol. The summed E-state index contributed by atoms with van der Waals surface area (Å²) < 4.78 is 31.6. The van der Waals surface area contributed by atoms with E-state index in [0.717, 1.165) is 25.0 Å². The minimum Gasteiger partial charge on any atom is -0.453 e. The smallest absolute Gasteiger partial charge is 0.411 e. The second kappa shape index (κ2) is 8.17. The third-order valence-corrected chi connectivity index (χ3v) is 5.23. The molecule has 0 unspecified atom stereocenters. The van der Waals surface area contributed by atoms with Crippen LogP contribution in [-0.2, 0) is 4.74 Å². The number of allylic oxidation sites excluding steroid dienone is 2. The van der Waals surface area contributed by atoms with E-state index in [4.69, 9.17) is 0 Å². The standard InChI is InChI=1S/C22H19F2N3O4/c1-31-22(30)26-12-4-6-14-15(10-12)20(28)18(19(21(14)29)27-8-2-3-9-27)25-13-5-7-16(23)17(24)11-13/h4-7,10-11,25H,2-3,8-9H2,1H3,(H,26,30). The van der Waals surface area contributed by atoms with Crippen LogP contribution in [0.2, 0.25) is 0 Å². The van der Waals surface area contributed by atoms with Crippen LogP contribution in [0.1, 0.15) is 33.6 Å². The van der Waals surface area contributed by atoms with Gasteiger partial charge in [-0.3, -0.25) is 14.9 Å². The largest absolute Gasteiger partial charge is 0.453 e. The maximum atomic E-state index is 13.7. The van der Waals surface area contributed by atoms with Crippen LogP contribution in [0.15, 0.2) is 47.8 Å². The summed E-state index contributed by atoms with van der Waals surface area (Å²) in [4.78, 5) is 40.0. The highest BCUT2D eigenvalue weighted by Crippen LogP contribution is 2.33. The normalized spacial score (nSPS) is 15.8. The van der Waals surface area contributed by atoms with Gasteiger partial charge in [-0.2, -0.15) is 0 Å². The number of ether oxygens (including phenoxy) is 1. The number of Topliss-reactive ketones (excluding diaryl/α,β-unsaturated/α-hetero) is 2. The molecule has 0 bridgehead atoms. The summed E-state index contributed by atoms with van der Waals surface area (Å²) in [7, 11) is 1.21. The highest BCUT2D eigenvalue weighted by molar-refractivity contribution is 6.28. The van der Waals surface area contributed by atoms with Crippen molar-refractivity contribution in [1.29, 1.82) is 0 Å². The van der Waals surface area contributed by atoms with Gasteiger partial charge in [-0.1, -0.05) is 0 Å². The number of nitrogens with zero attached hydrogens (tertiary/aromatic N) is 1. The summed E-state index contributed by atoms with van der Waals surface area (Å²) in [5.41, 5.74) is 0.904. The second-order valence-electron chi connectivity index (χ2n) is 7.21. The van der Waals surface area contributed by atoms with Gasteiger partial charge in [-0.25, -0.2) is 13.6 Å². The molecule has 9 heteroatoms. The molecule has 2 aliphatic rings. The van der Waals surface area contributed by atoms with Gasteiger partial charge in [0.25, 0.3) is 0 Å². The topological polar surface area (TPSA) is 87.7 Å². The van der Waals surface area contributed by atoms with Gasteiger partial charge in [-0.15, -0.1) is 0 Å². The van der Waals surface area contributed by atoms with Crippen molar-refractivity contribution in [3.63, 3.8) is 0 Å². The second-order valence-corrected chi connectivity index (χ2v) is 7.21. The monoisotopic (exact) mass is 427 g/mol. The molecule has 0 aromatic heterocycles. The van der Waals surface area contributed by atoms with Crippen molar-refractivity contribution in [2.24, 2.45) is 0 Å². The van der Waals surface area contributed by atoms with Crippen LogP contribution < -0.4 is 10.6 Å². The van der Waals surface area contributed by atoms with Gasteiger partial charge in [0.15, 0.2) is 11.6 Å². The van der Waals surface area contributed by atoms with E-state index < -0.39 is 23.5 Å². The number of carbonyl (C=O) groups excluding carboxylic acids is 3. The van der Waals surface area contributed by atoms with Gasteiger partial charge in [0.05, 0.1) is 7.11 Å². The summed E-state index contributed by atoms with van der Waals surface area (Å²) >= 11 is 0. The van der Waals surface area contributed by atoms with Crippen LogP contribution >= 0.6 is 0 Å². The lowest BCUT2D eigenvalue weighted by Crippen LogP contribution is -2.35. The van der Waals surface area contributed by atoms with E-state index in [1.165, 1.54) is 31.4 Å². The molecule has 1 amide bonds. The predicted octanol–water partition coefficient (Wildman–Crippen LogP) is 3.94. The van der Waals surface area contributed by atoms with Crippen molar-refractivity contribution in [1.82, 2.24) is 4.90 Å². The molecule has 2 aromatic carbocycles. The van der Waals surface area contributed by atoms with Gasteiger partial charge in [-0.05, 0) is 43.2 Å². The predicted molar refractivity (Wildman–Crippen MR) is 109 cm³/mol. The van der Waals surface area contributed by atoms with Crippen molar-refractivity contribution >= 4 is 29.0 Å². The molecular formula is C22H19F2N3O4. The minimum atomic E-state index is -1.08. The molecule has 1 aliphatic carbocycles. The molecule has 4 rings (SSSR count). The van der Waals surface area contributed by atoms with E-state index in [2.05, 4.69) is 15.4 Å². The van der Waals surface area contributed by atoms with E-state index in [-0.39, 0.29) is 39.7 Å². The fraction of sp³-hybridized carbons (Fsp3) is 0.227. The molecule has 0 atom stereocenters. The van der Waals surface area contributed by atoms with Gasteiger partial charge in [0.1, 0.15) is 11.4 Å². The Morgan fingerprint density at radius 3 is 2.32 bits per heavy atom. The van der Waals surface area contributed by atoms with Crippen molar-refractivity contribution in [2.75, 3.05) is 30.8 Å². The molecule has 2 N–H and O–H groups in total. The van der Waals surface area contributed by atoms with Crippen LogP contribution in [-0.4, -0.2) is 42.8 Å². The molecule has 160 valence electrons. The fourth-order valence-corrected chi connectivity index (χ4v) is 3.74. The number of hydrogen-bond acceptors (Lipinski definition) is 6. The number of hydrogen-bond donors (Lipinski definition) is 2. The average molecular weight is 427 g/mol. The Morgan fingerprint density at radius 2 is 1.65 bits per heavy atom. The third-order valence-electron chi connectivity index (χ3n) is 5.23. The van der Waals surface area contributed by atoms with Crippen molar-refractivity contribution < 1.29 is 27.9 Å². The molecule has 1 saturated heterocycles. The van der Waals surface area contributed by atoms with Crippen LogP contribution in [0.25, 0.3) is 0 Å². The number of rotatable bonds is 4. The number of likely N-dealkylation sites (tertiary alicyclic amines) is 1. The average Bonchev–Trinajstić information content (AvgIpc) is 3.28. The Hall–Kier alpha value is -3.75. The summed E-state index contributed by atoms with van der Waals surface area (Å²) in [5.74, 6) is -2.94. The Kier molecular flexibility index (Phi) is 5.41. The molecule has 1 fully saturated rings. The zero-order chi connectivity index (χ0) is 22.1. The highest BCUT2D eigenvalue weighted by Gasteiger charge is 2.36. The Morgan fingerprint density at radius 1 is 0.935 bits per heavy atom. The Labute approximate surface area is 176 Å². The van der Waals surface area contributed by atoms with E-state index in [9.17, 15) is 23.2 Å². The first-order valence-electron chi connectivity index (χ1n) is 9.68. The Balaban J connectivity index is 1.78. The lowest BCUT2D eigenvalue weighted by molar-refractivity contribution is 0.0948. The van der Waals surface area contributed by atoms with Crippen LogP contribution in [0, 0.1) is 11.6 Å². The number of methoxy groups -OCH3 is 1. The highest BCUT2D eigenvalue weighted by atomic mass is 19.2. The number of anilines is 2. The third kappa shape index (κ3) is 3.86. The summed E-state index contributed by atoms with van der Waals surface area (Å²) in [6, 6.07) is 7.53. The molecule has 7 nitrogen and oxygen atoms in total. The first-order chi connectivity index (χ1) is 14.9. The van der Waals surface area contributed by atoms with E-state index in [0.29, 0.717) is 13.1 Å². The Bertz CT molecular complexity index is 1120. The van der Waals surface area contributed by atoms with Crippen LogP contribution in [0.5, 0.6) is 0 Å². The lowest BCUT2D eigenvalue weighted by atomic mass is 9.89. The quantitative estimate of drug-likeness (QED) is 0.769. The van der Waals surface area contributed by atoms with Crippen LogP contribution in [0.4, 0.5) is 25.0 Å². The van der Waals surface area contributed by atoms with Crippen molar-refractivity contribution in [3.05, 3.63) is 70.6 Å². The van der Waals surface area contributed by atoms with Gasteiger partial charge >= 0.3 is 6.09 Å². The number of fused-ring (bicyclic) bond motifs is 1. The lowest BCUT2D eigenvalue weighted by Gasteiger charge is -2.28. The number of nitrogens with one attached hydrogen (secondary N) is 2. The molecule has 31 heavy (non-hydrogen) atoms. The zero-order valence-corrected chi connectivity index (χ0v) is 16.6. The first kappa shape index (κ1) is 20.5. The van der Waals surface area contributed by atoms with E-state index in [1.54, 1.807) is 0 Å². The number of carbonyl (C=O) groups is 3. The molecule has 1 aliphatic heterocycles. The first-order valence-corrected chi connectivity index (χ1v) is 9.68. The van der Waals surface area contributed by atoms with Gasteiger partial charge in [0.2, 0.25) is 11.6 Å². The zero-order valence-electron chi connectivity index (χ0n) is 16.6. The van der Waals surface area contributed by atoms with Gasteiger partial charge < -0.3 is 15.0 Å². The van der Waals surface area contributed by atoms with Gasteiger partial charge in [0, 0.05) is 41.7 Å². The fourth-order valence-electron chi connectivity index (χ4n) is 3.74. The molecule has 0 spiro atoms. The van der Waals surface area contributed by atoms with E-state index in [1.807, 2.05) is 4.90 Å². The van der Waals surface area contributed by atoms with Crippen LogP contribution in [0.3, 0.4) is 0 Å². The number of benzene rings is 2. The van der Waals surface area contributed by atoms with E-state index >= 15 is 0 Å². The molecule has 2 aromatic rings. The SMILES string of the molecule is COC(=O)Nc1ccc2c(c1)C(=O)C(Nc1ccc(F)c(F)c1)=C(N1CCCC1)C2=O. The summed E-state index contributed by atoms with van der Waals surface area (Å²) in [6.07, 6.45) is 1.03. The molecule has 0 saturated carbocycles. The maximum Gasteiger partial charge on any atom is 0.411 e. The molecule has 1 heterocycles.